The minimum Gasteiger partial charge on any atom is -0.360 e. The summed E-state index contributed by atoms with van der Waals surface area (Å²) >= 11 is 5.67. The summed E-state index contributed by atoms with van der Waals surface area (Å²) in [4.78, 5) is 4.99. The maximum absolute atomic E-state index is 5.67. The van der Waals surface area contributed by atoms with Gasteiger partial charge in [-0.2, -0.15) is 0 Å². The lowest BCUT2D eigenvalue weighted by Crippen LogP contribution is -2.54. The summed E-state index contributed by atoms with van der Waals surface area (Å²) in [6.45, 7) is 10.4. The number of piperazine rings is 1. The fraction of sp³-hybridized carbons (Fsp3) is 0.941. The van der Waals surface area contributed by atoms with Gasteiger partial charge in [0.05, 0.1) is 0 Å². The summed E-state index contributed by atoms with van der Waals surface area (Å²) in [6.07, 6.45) is 7.01. The van der Waals surface area contributed by atoms with E-state index >= 15 is 0 Å². The average molecular weight is 310 g/mol. The van der Waals surface area contributed by atoms with Crippen molar-refractivity contribution in [2.24, 2.45) is 17.8 Å². The van der Waals surface area contributed by atoms with Crippen LogP contribution in [0.15, 0.2) is 0 Å². The van der Waals surface area contributed by atoms with E-state index in [0.29, 0.717) is 6.04 Å². The second kappa shape index (κ2) is 6.82. The van der Waals surface area contributed by atoms with Crippen LogP contribution in [0, 0.1) is 17.8 Å². The van der Waals surface area contributed by atoms with Crippen molar-refractivity contribution in [3.05, 3.63) is 0 Å². The molecule has 1 heterocycles. The van der Waals surface area contributed by atoms with E-state index in [1.807, 2.05) is 0 Å². The van der Waals surface area contributed by atoms with Crippen molar-refractivity contribution in [2.75, 3.05) is 32.7 Å². The lowest BCUT2D eigenvalue weighted by molar-refractivity contribution is 0.172. The van der Waals surface area contributed by atoms with Crippen LogP contribution in [-0.2, 0) is 0 Å². The van der Waals surface area contributed by atoms with Crippen LogP contribution in [0.2, 0.25) is 0 Å². The first-order valence-corrected chi connectivity index (χ1v) is 9.30. The fourth-order valence-corrected chi connectivity index (χ4v) is 4.62. The van der Waals surface area contributed by atoms with Crippen LogP contribution in [0.4, 0.5) is 0 Å². The molecule has 3 atom stereocenters. The van der Waals surface area contributed by atoms with E-state index in [0.717, 1.165) is 36.0 Å². The van der Waals surface area contributed by atoms with Crippen molar-refractivity contribution >= 4 is 17.3 Å². The Kier molecular flexibility index (Phi) is 5.05. The Morgan fingerprint density at radius 3 is 2.48 bits per heavy atom. The molecule has 3 nitrogen and oxygen atoms in total. The molecule has 1 N–H and O–H groups in total. The van der Waals surface area contributed by atoms with Crippen LogP contribution in [-0.4, -0.2) is 53.7 Å². The third-order valence-corrected chi connectivity index (χ3v) is 6.11. The van der Waals surface area contributed by atoms with E-state index in [-0.39, 0.29) is 0 Å². The number of thiocarbonyl (C=S) groups is 1. The Morgan fingerprint density at radius 2 is 1.90 bits per heavy atom. The normalized spacial score (nSPS) is 32.9. The van der Waals surface area contributed by atoms with Crippen LogP contribution < -0.4 is 5.32 Å². The minimum absolute atomic E-state index is 0.676. The molecule has 2 aliphatic carbocycles. The van der Waals surface area contributed by atoms with Crippen molar-refractivity contribution in [1.82, 2.24) is 15.1 Å². The van der Waals surface area contributed by atoms with Gasteiger partial charge in [-0.3, -0.25) is 4.90 Å². The maximum atomic E-state index is 5.67. The Bertz CT molecular complexity index is 363. The Labute approximate surface area is 135 Å². The number of rotatable bonds is 4. The topological polar surface area (TPSA) is 18.5 Å². The molecule has 3 aliphatic rings. The van der Waals surface area contributed by atoms with Crippen molar-refractivity contribution in [1.29, 1.82) is 0 Å². The van der Waals surface area contributed by atoms with Crippen LogP contribution in [0.25, 0.3) is 0 Å². The van der Waals surface area contributed by atoms with E-state index < -0.39 is 0 Å². The van der Waals surface area contributed by atoms with Crippen molar-refractivity contribution < 1.29 is 0 Å². The van der Waals surface area contributed by atoms with E-state index in [9.17, 15) is 0 Å². The maximum Gasteiger partial charge on any atom is 0.169 e. The molecule has 0 radical (unpaired) electrons. The van der Waals surface area contributed by atoms with E-state index in [2.05, 4.69) is 29.0 Å². The Morgan fingerprint density at radius 1 is 1.14 bits per heavy atom. The lowest BCUT2D eigenvalue weighted by Gasteiger charge is -2.38. The molecule has 3 rings (SSSR count). The molecule has 3 fully saturated rings. The molecule has 2 bridgehead atoms. The highest BCUT2D eigenvalue weighted by molar-refractivity contribution is 7.80. The second-order valence-corrected chi connectivity index (χ2v) is 8.13. The van der Waals surface area contributed by atoms with Gasteiger partial charge >= 0.3 is 0 Å². The van der Waals surface area contributed by atoms with Crippen LogP contribution in [0.1, 0.15) is 46.0 Å². The molecular formula is C17H31N3S. The molecule has 120 valence electrons. The van der Waals surface area contributed by atoms with Gasteiger partial charge in [0, 0.05) is 32.2 Å². The molecule has 0 unspecified atom stereocenters. The number of nitrogens with zero attached hydrogens (tertiary/aromatic N) is 2. The zero-order valence-corrected chi connectivity index (χ0v) is 14.5. The third kappa shape index (κ3) is 3.89. The lowest BCUT2D eigenvalue weighted by atomic mass is 9.95. The number of fused-ring (bicyclic) bond motifs is 2. The van der Waals surface area contributed by atoms with Crippen molar-refractivity contribution in [3.8, 4) is 0 Å². The predicted octanol–water partition coefficient (Wildman–Crippen LogP) is 2.71. The molecule has 0 aromatic heterocycles. The highest BCUT2D eigenvalue weighted by Crippen LogP contribution is 2.44. The van der Waals surface area contributed by atoms with Gasteiger partial charge in [0.2, 0.25) is 0 Å². The fourth-order valence-electron chi connectivity index (χ4n) is 4.29. The number of hydrogen-bond donors (Lipinski definition) is 1. The number of nitrogens with one attached hydrogen (secondary N) is 1. The summed E-state index contributed by atoms with van der Waals surface area (Å²) in [5.41, 5.74) is 0. The summed E-state index contributed by atoms with van der Waals surface area (Å²) in [6, 6.07) is 0.676. The number of hydrogen-bond acceptors (Lipinski definition) is 2. The highest BCUT2D eigenvalue weighted by Gasteiger charge is 2.40. The average Bonchev–Trinajstić information content (AvgIpc) is 3.08. The van der Waals surface area contributed by atoms with Crippen LogP contribution in [0.3, 0.4) is 0 Å². The molecule has 4 heteroatoms. The first kappa shape index (κ1) is 15.5. The van der Waals surface area contributed by atoms with Gasteiger partial charge in [0.25, 0.3) is 0 Å². The van der Waals surface area contributed by atoms with E-state index in [1.165, 1.54) is 51.7 Å². The molecule has 0 aromatic rings. The standard InChI is InChI=1S/C17H31N3S/c1-13(2)5-6-19-7-9-20(10-8-19)17(21)18-16-12-14-3-4-15(16)11-14/h13-16H,3-12H2,1-2H3,(H,18,21)/t14-,15-,16+/m0/s1. The Hall–Kier alpha value is -0.350. The highest BCUT2D eigenvalue weighted by atomic mass is 32.1. The first-order valence-electron chi connectivity index (χ1n) is 8.89. The van der Waals surface area contributed by atoms with E-state index in [4.69, 9.17) is 12.2 Å². The summed E-state index contributed by atoms with van der Waals surface area (Å²) in [5.74, 6) is 2.70. The van der Waals surface area contributed by atoms with Gasteiger partial charge in [0.15, 0.2) is 5.11 Å². The molecule has 21 heavy (non-hydrogen) atoms. The molecule has 0 spiro atoms. The van der Waals surface area contributed by atoms with Gasteiger partial charge in [-0.25, -0.2) is 0 Å². The van der Waals surface area contributed by atoms with Gasteiger partial charge in [0.1, 0.15) is 0 Å². The van der Waals surface area contributed by atoms with Crippen molar-refractivity contribution in [3.63, 3.8) is 0 Å². The molecule has 0 amide bonds. The zero-order chi connectivity index (χ0) is 14.8. The van der Waals surface area contributed by atoms with Crippen LogP contribution >= 0.6 is 12.2 Å². The monoisotopic (exact) mass is 309 g/mol. The van der Waals surface area contributed by atoms with Gasteiger partial charge in [-0.1, -0.05) is 20.3 Å². The molecule has 2 saturated carbocycles. The quantitative estimate of drug-likeness (QED) is 0.805. The Balaban J connectivity index is 1.39. The van der Waals surface area contributed by atoms with Crippen LogP contribution in [0.5, 0.6) is 0 Å². The first-order chi connectivity index (χ1) is 10.1. The summed E-state index contributed by atoms with van der Waals surface area (Å²) in [7, 11) is 0. The molecule has 1 saturated heterocycles. The predicted molar refractivity (Wildman–Crippen MR) is 92.4 cm³/mol. The van der Waals surface area contributed by atoms with E-state index in [1.54, 1.807) is 0 Å². The van der Waals surface area contributed by atoms with Gasteiger partial charge in [-0.05, 0) is 62.2 Å². The SMILES string of the molecule is CC(C)CCN1CCN(C(=S)N[C@@H]2C[C@H]3CC[C@H]2C3)CC1. The summed E-state index contributed by atoms with van der Waals surface area (Å²) in [5, 5.41) is 4.71. The van der Waals surface area contributed by atoms with Gasteiger partial charge in [-0.15, -0.1) is 0 Å². The second-order valence-electron chi connectivity index (χ2n) is 7.74. The molecular weight excluding hydrogens is 278 g/mol. The minimum atomic E-state index is 0.676. The van der Waals surface area contributed by atoms with Gasteiger partial charge < -0.3 is 10.2 Å². The zero-order valence-electron chi connectivity index (χ0n) is 13.7. The largest absolute Gasteiger partial charge is 0.360 e. The summed E-state index contributed by atoms with van der Waals surface area (Å²) < 4.78 is 0. The third-order valence-electron chi connectivity index (χ3n) is 5.73. The molecule has 1 aliphatic heterocycles. The molecule has 0 aromatic carbocycles. The van der Waals surface area contributed by atoms with Crippen molar-refractivity contribution in [2.45, 2.75) is 52.0 Å². The smallest absolute Gasteiger partial charge is 0.169 e.